The van der Waals surface area contributed by atoms with Gasteiger partial charge in [-0.25, -0.2) is 9.37 Å². The summed E-state index contributed by atoms with van der Waals surface area (Å²) < 4.78 is 20.1. The van der Waals surface area contributed by atoms with Crippen LogP contribution in [0.3, 0.4) is 0 Å². The molecule has 1 aromatic heterocycles. The van der Waals surface area contributed by atoms with Crippen molar-refractivity contribution in [2.75, 3.05) is 18.1 Å². The molecule has 7 nitrogen and oxygen atoms in total. The van der Waals surface area contributed by atoms with Gasteiger partial charge in [0.1, 0.15) is 42.2 Å². The SMILES string of the molecule is Cc1ccc2c(c1)N(C(=O)Cn1c(-c3ccc(F)cc3)ncc(C#N)c1=O)CCO2. The van der Waals surface area contributed by atoms with E-state index < -0.39 is 11.4 Å². The minimum Gasteiger partial charge on any atom is -0.490 e. The van der Waals surface area contributed by atoms with Gasteiger partial charge < -0.3 is 9.64 Å². The van der Waals surface area contributed by atoms with Crippen LogP contribution < -0.4 is 15.2 Å². The van der Waals surface area contributed by atoms with E-state index in [1.165, 1.54) is 24.3 Å². The number of aromatic nitrogens is 2. The van der Waals surface area contributed by atoms with Crippen molar-refractivity contribution in [1.82, 2.24) is 9.55 Å². The van der Waals surface area contributed by atoms with Gasteiger partial charge in [-0.1, -0.05) is 6.07 Å². The quantitative estimate of drug-likeness (QED) is 0.670. The molecule has 4 rings (SSSR count). The largest absolute Gasteiger partial charge is 0.490 e. The number of carbonyl (C=O) groups is 1. The number of rotatable bonds is 3. The number of hydrogen-bond donors (Lipinski definition) is 0. The zero-order valence-corrected chi connectivity index (χ0v) is 16.1. The van der Waals surface area contributed by atoms with Crippen LogP contribution in [-0.2, 0) is 11.3 Å². The Kier molecular flexibility index (Phi) is 5.02. The molecule has 1 amide bonds. The lowest BCUT2D eigenvalue weighted by molar-refractivity contribution is -0.119. The summed E-state index contributed by atoms with van der Waals surface area (Å²) in [6.07, 6.45) is 1.16. The first-order valence-electron chi connectivity index (χ1n) is 9.27. The number of halogens is 1. The van der Waals surface area contributed by atoms with Crippen LogP contribution in [0.4, 0.5) is 10.1 Å². The average molecular weight is 404 g/mol. The first kappa shape index (κ1) is 19.3. The number of benzene rings is 2. The molecule has 0 spiro atoms. The lowest BCUT2D eigenvalue weighted by Crippen LogP contribution is -2.42. The predicted octanol–water partition coefficient (Wildman–Crippen LogP) is 2.66. The van der Waals surface area contributed by atoms with E-state index >= 15 is 0 Å². The van der Waals surface area contributed by atoms with Crippen LogP contribution in [0.15, 0.2) is 53.5 Å². The molecule has 0 bridgehead atoms. The van der Waals surface area contributed by atoms with E-state index in [1.807, 2.05) is 19.1 Å². The Balaban J connectivity index is 1.75. The highest BCUT2D eigenvalue weighted by Gasteiger charge is 2.25. The van der Waals surface area contributed by atoms with Gasteiger partial charge in [0, 0.05) is 5.56 Å². The number of anilines is 1. The van der Waals surface area contributed by atoms with E-state index in [0.29, 0.717) is 30.2 Å². The topological polar surface area (TPSA) is 88.2 Å². The molecule has 0 aliphatic carbocycles. The number of nitriles is 1. The number of ether oxygens (including phenoxy) is 1. The van der Waals surface area contributed by atoms with E-state index in [4.69, 9.17) is 4.74 Å². The molecule has 150 valence electrons. The lowest BCUT2D eigenvalue weighted by atomic mass is 10.1. The van der Waals surface area contributed by atoms with Crippen LogP contribution in [-0.4, -0.2) is 28.6 Å². The Bertz CT molecular complexity index is 1230. The molecule has 8 heteroatoms. The molecule has 0 unspecified atom stereocenters. The summed E-state index contributed by atoms with van der Waals surface area (Å²) in [4.78, 5) is 31.7. The van der Waals surface area contributed by atoms with Gasteiger partial charge in [-0.05, 0) is 48.9 Å². The Morgan fingerprint density at radius 3 is 2.77 bits per heavy atom. The predicted molar refractivity (Wildman–Crippen MR) is 108 cm³/mol. The van der Waals surface area contributed by atoms with Crippen LogP contribution in [0.25, 0.3) is 11.4 Å². The van der Waals surface area contributed by atoms with E-state index in [0.717, 1.165) is 16.3 Å². The molecule has 0 fully saturated rings. The van der Waals surface area contributed by atoms with E-state index in [2.05, 4.69) is 4.98 Å². The fourth-order valence-electron chi connectivity index (χ4n) is 3.35. The third-order valence-electron chi connectivity index (χ3n) is 4.84. The van der Waals surface area contributed by atoms with E-state index in [1.54, 1.807) is 17.0 Å². The fraction of sp³-hybridized carbons (Fsp3) is 0.182. The maximum absolute atomic E-state index is 13.3. The number of fused-ring (bicyclic) bond motifs is 1. The van der Waals surface area contributed by atoms with Gasteiger partial charge >= 0.3 is 0 Å². The summed E-state index contributed by atoms with van der Waals surface area (Å²) in [6.45, 7) is 2.26. The maximum Gasteiger partial charge on any atom is 0.272 e. The fourth-order valence-corrected chi connectivity index (χ4v) is 3.35. The highest BCUT2D eigenvalue weighted by atomic mass is 19.1. The number of hydrogen-bond acceptors (Lipinski definition) is 5. The summed E-state index contributed by atoms with van der Waals surface area (Å²) in [7, 11) is 0. The lowest BCUT2D eigenvalue weighted by Gasteiger charge is -2.30. The molecule has 3 aromatic rings. The van der Waals surface area contributed by atoms with Crippen molar-refractivity contribution in [2.24, 2.45) is 0 Å². The van der Waals surface area contributed by atoms with Crippen molar-refractivity contribution < 1.29 is 13.9 Å². The molecule has 1 aliphatic heterocycles. The maximum atomic E-state index is 13.3. The molecule has 0 saturated heterocycles. The third-order valence-corrected chi connectivity index (χ3v) is 4.84. The van der Waals surface area contributed by atoms with E-state index in [9.17, 15) is 19.2 Å². The number of carbonyl (C=O) groups excluding carboxylic acids is 1. The molecule has 1 aliphatic rings. The summed E-state index contributed by atoms with van der Waals surface area (Å²) in [5, 5.41) is 9.22. The molecule has 2 aromatic carbocycles. The Morgan fingerprint density at radius 1 is 1.27 bits per heavy atom. The standard InChI is InChI=1S/C22H17FN4O3/c1-14-2-7-19-18(10-14)26(8-9-30-19)20(28)13-27-21(15-3-5-17(23)6-4-15)25-12-16(11-24)22(27)29/h2-7,10,12H,8-9,13H2,1H3. The second-order valence-corrected chi connectivity index (χ2v) is 6.87. The zero-order chi connectivity index (χ0) is 21.3. The van der Waals surface area contributed by atoms with Crippen LogP contribution in [0.2, 0.25) is 0 Å². The van der Waals surface area contributed by atoms with Crippen LogP contribution >= 0.6 is 0 Å². The molecule has 30 heavy (non-hydrogen) atoms. The van der Waals surface area contributed by atoms with Gasteiger partial charge in [0.05, 0.1) is 18.4 Å². The Hall–Kier alpha value is -3.99. The zero-order valence-electron chi connectivity index (χ0n) is 16.1. The smallest absolute Gasteiger partial charge is 0.272 e. The van der Waals surface area contributed by atoms with Gasteiger partial charge in [0.25, 0.3) is 5.56 Å². The van der Waals surface area contributed by atoms with Crippen molar-refractivity contribution in [3.63, 3.8) is 0 Å². The van der Waals surface area contributed by atoms with Crippen LogP contribution in [0.5, 0.6) is 5.75 Å². The molecule has 0 radical (unpaired) electrons. The third kappa shape index (κ3) is 3.53. The first-order valence-corrected chi connectivity index (χ1v) is 9.27. The van der Waals surface area contributed by atoms with Gasteiger partial charge in [-0.3, -0.25) is 14.2 Å². The van der Waals surface area contributed by atoms with Gasteiger partial charge in [0.2, 0.25) is 5.91 Å². The van der Waals surface area contributed by atoms with Gasteiger partial charge in [-0.15, -0.1) is 0 Å². The number of aryl methyl sites for hydroxylation is 1. The minimum atomic E-state index is -0.627. The molecular weight excluding hydrogens is 387 g/mol. The van der Waals surface area contributed by atoms with Crippen LogP contribution in [0, 0.1) is 24.1 Å². The van der Waals surface area contributed by atoms with Gasteiger partial charge in [0.15, 0.2) is 0 Å². The normalized spacial score (nSPS) is 12.6. The van der Waals surface area contributed by atoms with Crippen LogP contribution in [0.1, 0.15) is 11.1 Å². The van der Waals surface area contributed by atoms with Crippen molar-refractivity contribution in [2.45, 2.75) is 13.5 Å². The van der Waals surface area contributed by atoms with Crippen molar-refractivity contribution in [3.05, 3.63) is 76.0 Å². The van der Waals surface area contributed by atoms with E-state index in [-0.39, 0.29) is 23.8 Å². The second-order valence-electron chi connectivity index (χ2n) is 6.87. The summed E-state index contributed by atoms with van der Waals surface area (Å²) in [6, 6.07) is 12.8. The van der Waals surface area contributed by atoms with Crippen molar-refractivity contribution in [3.8, 4) is 23.2 Å². The van der Waals surface area contributed by atoms with Crippen molar-refractivity contribution in [1.29, 1.82) is 5.26 Å². The number of nitrogens with zero attached hydrogens (tertiary/aromatic N) is 4. The Morgan fingerprint density at radius 2 is 2.03 bits per heavy atom. The summed E-state index contributed by atoms with van der Waals surface area (Å²) >= 11 is 0. The highest BCUT2D eigenvalue weighted by molar-refractivity contribution is 5.95. The minimum absolute atomic E-state index is 0.174. The second kappa shape index (κ2) is 7.79. The molecular formula is C22H17FN4O3. The number of amides is 1. The average Bonchev–Trinajstić information content (AvgIpc) is 2.75. The van der Waals surface area contributed by atoms with Gasteiger partial charge in [-0.2, -0.15) is 5.26 Å². The first-order chi connectivity index (χ1) is 14.5. The molecule has 0 N–H and O–H groups in total. The summed E-state index contributed by atoms with van der Waals surface area (Å²) in [5.41, 5.74) is 1.26. The summed E-state index contributed by atoms with van der Waals surface area (Å²) in [5.74, 6) is 0.00504. The molecule has 2 heterocycles. The monoisotopic (exact) mass is 404 g/mol. The highest BCUT2D eigenvalue weighted by Crippen LogP contribution is 2.32. The Labute approximate surface area is 171 Å². The molecule has 0 atom stereocenters. The molecule has 0 saturated carbocycles. The van der Waals surface area contributed by atoms with Crippen molar-refractivity contribution >= 4 is 11.6 Å².